The lowest BCUT2D eigenvalue weighted by Gasteiger charge is -2.25. The highest BCUT2D eigenvalue weighted by Crippen LogP contribution is 2.35. The van der Waals surface area contributed by atoms with Gasteiger partial charge in [-0.2, -0.15) is 0 Å². The third kappa shape index (κ3) is 3.44. The molecule has 24 heavy (non-hydrogen) atoms. The Bertz CT molecular complexity index is 749. The van der Waals surface area contributed by atoms with Crippen molar-refractivity contribution in [2.45, 2.75) is 25.1 Å². The lowest BCUT2D eigenvalue weighted by Crippen LogP contribution is -2.25. The van der Waals surface area contributed by atoms with Gasteiger partial charge in [0, 0.05) is 30.3 Å². The van der Waals surface area contributed by atoms with Crippen LogP contribution in [0.25, 0.3) is 0 Å². The fraction of sp³-hybridized carbons (Fsp3) is 0.278. The molecular weight excluding hydrogens is 314 g/mol. The first-order chi connectivity index (χ1) is 11.4. The molecule has 0 spiro atoms. The predicted molar refractivity (Wildman–Crippen MR) is 85.1 cm³/mol. The molecule has 1 saturated heterocycles. The summed E-state index contributed by atoms with van der Waals surface area (Å²) in [5.74, 6) is -1.49. The van der Waals surface area contributed by atoms with E-state index < -0.39 is 29.7 Å². The van der Waals surface area contributed by atoms with Gasteiger partial charge >= 0.3 is 0 Å². The Labute approximate surface area is 138 Å². The van der Waals surface area contributed by atoms with Gasteiger partial charge in [0.2, 0.25) is 5.91 Å². The number of aliphatic hydroxyl groups is 1. The van der Waals surface area contributed by atoms with E-state index in [2.05, 4.69) is 0 Å². The second-order valence-electron chi connectivity index (χ2n) is 6.06. The topological polar surface area (TPSA) is 66.6 Å². The van der Waals surface area contributed by atoms with Crippen molar-refractivity contribution >= 4 is 5.91 Å². The highest BCUT2D eigenvalue weighted by atomic mass is 19.1. The van der Waals surface area contributed by atoms with Gasteiger partial charge in [-0.25, -0.2) is 8.78 Å². The summed E-state index contributed by atoms with van der Waals surface area (Å²) in [6.07, 6.45) is -0.248. The Hall–Kier alpha value is -2.31. The number of primary amides is 1. The van der Waals surface area contributed by atoms with Crippen LogP contribution in [-0.4, -0.2) is 28.6 Å². The van der Waals surface area contributed by atoms with E-state index in [-0.39, 0.29) is 5.56 Å². The van der Waals surface area contributed by atoms with E-state index in [1.807, 2.05) is 4.90 Å². The second kappa shape index (κ2) is 6.67. The van der Waals surface area contributed by atoms with E-state index in [1.165, 1.54) is 6.07 Å². The summed E-state index contributed by atoms with van der Waals surface area (Å²) in [6.45, 7) is 0.828. The number of β-amino-alcohol motifs (C(OH)–C–C–N with tert-alkyl or cyclic N) is 1. The van der Waals surface area contributed by atoms with Crippen LogP contribution in [0, 0.1) is 11.6 Å². The summed E-state index contributed by atoms with van der Waals surface area (Å²) in [7, 11) is 0. The molecule has 6 heteroatoms. The minimum Gasteiger partial charge on any atom is -0.392 e. The van der Waals surface area contributed by atoms with Crippen molar-refractivity contribution in [3.8, 4) is 0 Å². The van der Waals surface area contributed by atoms with Crippen LogP contribution >= 0.6 is 0 Å². The van der Waals surface area contributed by atoms with Gasteiger partial charge in [0.1, 0.15) is 11.6 Å². The SMILES string of the molecule is NC(=O)c1ccc(CN2C[C@H](O)C[C@@H]2c2cc(F)ccc2F)cc1. The third-order valence-electron chi connectivity index (χ3n) is 4.32. The van der Waals surface area contributed by atoms with Crippen molar-refractivity contribution in [2.24, 2.45) is 5.73 Å². The van der Waals surface area contributed by atoms with Crippen LogP contribution in [0.2, 0.25) is 0 Å². The van der Waals surface area contributed by atoms with Gasteiger partial charge in [0.15, 0.2) is 0 Å². The molecule has 1 heterocycles. The summed E-state index contributed by atoms with van der Waals surface area (Å²) in [5, 5.41) is 9.97. The average Bonchev–Trinajstić information content (AvgIpc) is 2.90. The number of likely N-dealkylation sites (tertiary alicyclic amines) is 1. The summed E-state index contributed by atoms with van der Waals surface area (Å²) in [5.41, 5.74) is 6.77. The fourth-order valence-electron chi connectivity index (χ4n) is 3.16. The van der Waals surface area contributed by atoms with Gasteiger partial charge in [-0.15, -0.1) is 0 Å². The van der Waals surface area contributed by atoms with E-state index in [9.17, 15) is 18.7 Å². The number of carbonyl (C=O) groups excluding carboxylic acids is 1. The number of nitrogens with zero attached hydrogens (tertiary/aromatic N) is 1. The molecule has 0 aromatic heterocycles. The van der Waals surface area contributed by atoms with Crippen molar-refractivity contribution in [3.05, 3.63) is 70.8 Å². The Morgan fingerprint density at radius 3 is 2.58 bits per heavy atom. The van der Waals surface area contributed by atoms with Crippen molar-refractivity contribution in [2.75, 3.05) is 6.54 Å². The number of halogens is 2. The Morgan fingerprint density at radius 1 is 1.21 bits per heavy atom. The molecule has 3 N–H and O–H groups in total. The van der Waals surface area contributed by atoms with E-state index >= 15 is 0 Å². The molecule has 0 unspecified atom stereocenters. The number of nitrogens with two attached hydrogens (primary N) is 1. The number of aliphatic hydroxyl groups excluding tert-OH is 1. The van der Waals surface area contributed by atoms with Gasteiger partial charge in [-0.3, -0.25) is 9.69 Å². The maximum Gasteiger partial charge on any atom is 0.248 e. The Balaban J connectivity index is 1.83. The van der Waals surface area contributed by atoms with E-state index in [0.717, 1.165) is 17.7 Å². The molecule has 0 bridgehead atoms. The summed E-state index contributed by atoms with van der Waals surface area (Å²) in [4.78, 5) is 13.0. The number of hydrogen-bond acceptors (Lipinski definition) is 3. The number of hydrogen-bond donors (Lipinski definition) is 2. The lowest BCUT2D eigenvalue weighted by atomic mass is 10.0. The molecule has 1 aliphatic heterocycles. The fourth-order valence-corrected chi connectivity index (χ4v) is 3.16. The molecule has 2 aromatic carbocycles. The molecule has 0 aliphatic carbocycles. The molecule has 1 amide bonds. The molecular formula is C18H18F2N2O2. The first kappa shape index (κ1) is 16.5. The molecule has 2 atom stereocenters. The lowest BCUT2D eigenvalue weighted by molar-refractivity contribution is 0.1000. The zero-order valence-electron chi connectivity index (χ0n) is 13.0. The van der Waals surface area contributed by atoms with Gasteiger partial charge in [-0.05, 0) is 42.3 Å². The standard InChI is InChI=1S/C18H18F2N2O2/c19-13-5-6-16(20)15(7-13)17-8-14(23)10-22(17)9-11-1-3-12(4-2-11)18(21)24/h1-7,14,17,23H,8-10H2,(H2,21,24)/t14-,17-/m1/s1. The number of carbonyl (C=O) groups is 1. The highest BCUT2D eigenvalue weighted by Gasteiger charge is 2.33. The smallest absolute Gasteiger partial charge is 0.248 e. The van der Waals surface area contributed by atoms with Gasteiger partial charge in [0.05, 0.1) is 6.10 Å². The minimum absolute atomic E-state index is 0.250. The zero-order chi connectivity index (χ0) is 17.3. The molecule has 0 radical (unpaired) electrons. The van der Waals surface area contributed by atoms with Crippen molar-refractivity contribution in [1.82, 2.24) is 4.90 Å². The molecule has 1 fully saturated rings. The van der Waals surface area contributed by atoms with Crippen LogP contribution in [0.3, 0.4) is 0 Å². The maximum absolute atomic E-state index is 14.1. The third-order valence-corrected chi connectivity index (χ3v) is 4.32. The van der Waals surface area contributed by atoms with Crippen molar-refractivity contribution in [1.29, 1.82) is 0 Å². The Kier molecular flexibility index (Phi) is 4.59. The quantitative estimate of drug-likeness (QED) is 0.903. The predicted octanol–water partition coefficient (Wildman–Crippen LogP) is 2.37. The normalized spacial score (nSPS) is 21.1. The Morgan fingerprint density at radius 2 is 1.92 bits per heavy atom. The maximum atomic E-state index is 14.1. The molecule has 3 rings (SSSR count). The van der Waals surface area contributed by atoms with E-state index in [4.69, 9.17) is 5.73 Å². The van der Waals surface area contributed by atoms with Gasteiger partial charge < -0.3 is 10.8 Å². The van der Waals surface area contributed by atoms with Crippen molar-refractivity contribution < 1.29 is 18.7 Å². The molecule has 2 aromatic rings. The summed E-state index contributed by atoms with van der Waals surface area (Å²) >= 11 is 0. The monoisotopic (exact) mass is 332 g/mol. The minimum atomic E-state index is -0.595. The van der Waals surface area contributed by atoms with Crippen molar-refractivity contribution in [3.63, 3.8) is 0 Å². The van der Waals surface area contributed by atoms with Crippen LogP contribution in [0.5, 0.6) is 0 Å². The highest BCUT2D eigenvalue weighted by molar-refractivity contribution is 5.92. The molecule has 0 saturated carbocycles. The number of amides is 1. The van der Waals surface area contributed by atoms with Gasteiger partial charge in [-0.1, -0.05) is 12.1 Å². The molecule has 4 nitrogen and oxygen atoms in total. The summed E-state index contributed by atoms with van der Waals surface area (Å²) < 4.78 is 27.6. The average molecular weight is 332 g/mol. The van der Waals surface area contributed by atoms with E-state index in [1.54, 1.807) is 24.3 Å². The first-order valence-corrected chi connectivity index (χ1v) is 7.70. The molecule has 1 aliphatic rings. The van der Waals surface area contributed by atoms with Crippen LogP contribution in [0.15, 0.2) is 42.5 Å². The van der Waals surface area contributed by atoms with Crippen LogP contribution in [-0.2, 0) is 6.54 Å². The molecule has 126 valence electrons. The van der Waals surface area contributed by atoms with Crippen LogP contribution < -0.4 is 5.73 Å². The first-order valence-electron chi connectivity index (χ1n) is 7.70. The number of rotatable bonds is 4. The second-order valence-corrected chi connectivity index (χ2v) is 6.06. The van der Waals surface area contributed by atoms with Crippen LogP contribution in [0.1, 0.15) is 33.9 Å². The van der Waals surface area contributed by atoms with Crippen LogP contribution in [0.4, 0.5) is 8.78 Å². The largest absolute Gasteiger partial charge is 0.392 e. The summed E-state index contributed by atoms with van der Waals surface area (Å²) in [6, 6.07) is 9.76. The van der Waals surface area contributed by atoms with Gasteiger partial charge in [0.25, 0.3) is 0 Å². The zero-order valence-corrected chi connectivity index (χ0v) is 13.0. The number of benzene rings is 2. The van der Waals surface area contributed by atoms with E-state index in [0.29, 0.717) is 25.1 Å².